The first-order valence-corrected chi connectivity index (χ1v) is 7.74. The summed E-state index contributed by atoms with van der Waals surface area (Å²) < 4.78 is 0.934. The normalized spacial score (nSPS) is 22.5. The lowest BCUT2D eigenvalue weighted by Gasteiger charge is -2.48. The minimum atomic E-state index is 0.686. The smallest absolute Gasteiger partial charge is 0.225 e. The minimum Gasteiger partial charge on any atom is -0.338 e. The molecule has 2 saturated heterocycles. The van der Waals surface area contributed by atoms with E-state index in [1.165, 1.54) is 32.7 Å². The van der Waals surface area contributed by atoms with Gasteiger partial charge in [-0.05, 0) is 22.5 Å². The van der Waals surface area contributed by atoms with Crippen LogP contribution in [0.3, 0.4) is 0 Å². The molecule has 0 radical (unpaired) electrons. The van der Waals surface area contributed by atoms with Crippen LogP contribution in [0, 0.1) is 0 Å². The first kappa shape index (κ1) is 13.3. The molecule has 1 aromatic heterocycles. The van der Waals surface area contributed by atoms with Crippen molar-refractivity contribution in [3.63, 3.8) is 0 Å². The minimum absolute atomic E-state index is 0.686. The van der Waals surface area contributed by atoms with Crippen LogP contribution in [0.4, 0.5) is 5.95 Å². The summed E-state index contributed by atoms with van der Waals surface area (Å²) >= 11 is 3.36. The molecule has 0 spiro atoms. The number of piperazine rings is 1. The zero-order valence-electron chi connectivity index (χ0n) is 11.3. The molecule has 0 aliphatic carbocycles. The first-order valence-electron chi connectivity index (χ1n) is 6.95. The lowest BCUT2D eigenvalue weighted by atomic mass is 10.1. The lowest BCUT2D eigenvalue weighted by Crippen LogP contribution is -2.63. The maximum absolute atomic E-state index is 4.35. The summed E-state index contributed by atoms with van der Waals surface area (Å²) in [5, 5.41) is 0. The van der Waals surface area contributed by atoms with Crippen molar-refractivity contribution < 1.29 is 0 Å². The van der Waals surface area contributed by atoms with Gasteiger partial charge in [0.2, 0.25) is 5.95 Å². The molecular formula is C13H20BrN5. The van der Waals surface area contributed by atoms with Crippen LogP contribution in [-0.4, -0.2) is 71.6 Å². The Balaban J connectivity index is 1.49. The SMILES string of the molecule is CCN1CCN(C2CN(c3ncc(Br)cn3)C2)CC1. The molecular weight excluding hydrogens is 306 g/mol. The van der Waals surface area contributed by atoms with Gasteiger partial charge in [-0.2, -0.15) is 0 Å². The van der Waals surface area contributed by atoms with E-state index in [-0.39, 0.29) is 0 Å². The molecule has 19 heavy (non-hydrogen) atoms. The van der Waals surface area contributed by atoms with Crippen molar-refractivity contribution in [1.82, 2.24) is 19.8 Å². The lowest BCUT2D eigenvalue weighted by molar-refractivity contribution is 0.0856. The summed E-state index contributed by atoms with van der Waals surface area (Å²) in [4.78, 5) is 16.1. The molecule has 0 saturated carbocycles. The Morgan fingerprint density at radius 3 is 2.37 bits per heavy atom. The van der Waals surface area contributed by atoms with Crippen LogP contribution < -0.4 is 4.90 Å². The van der Waals surface area contributed by atoms with Gasteiger partial charge >= 0.3 is 0 Å². The van der Waals surface area contributed by atoms with E-state index in [9.17, 15) is 0 Å². The predicted molar refractivity (Wildman–Crippen MR) is 79.4 cm³/mol. The van der Waals surface area contributed by atoms with Gasteiger partial charge in [0.05, 0.1) is 4.47 Å². The number of aromatic nitrogens is 2. The molecule has 0 amide bonds. The fraction of sp³-hybridized carbons (Fsp3) is 0.692. The summed E-state index contributed by atoms with van der Waals surface area (Å²) in [6, 6.07) is 0.686. The highest BCUT2D eigenvalue weighted by molar-refractivity contribution is 9.10. The topological polar surface area (TPSA) is 35.5 Å². The second kappa shape index (κ2) is 5.73. The Morgan fingerprint density at radius 1 is 1.16 bits per heavy atom. The maximum Gasteiger partial charge on any atom is 0.225 e. The van der Waals surface area contributed by atoms with E-state index in [2.05, 4.69) is 47.5 Å². The molecule has 0 bridgehead atoms. The highest BCUT2D eigenvalue weighted by Gasteiger charge is 2.34. The number of halogens is 1. The van der Waals surface area contributed by atoms with Crippen LogP contribution in [-0.2, 0) is 0 Å². The molecule has 0 aromatic carbocycles. The zero-order valence-corrected chi connectivity index (χ0v) is 12.9. The third-order valence-electron chi connectivity index (χ3n) is 4.12. The van der Waals surface area contributed by atoms with Crippen molar-refractivity contribution in [2.45, 2.75) is 13.0 Å². The molecule has 3 rings (SSSR count). The van der Waals surface area contributed by atoms with Gasteiger partial charge in [-0.15, -0.1) is 0 Å². The molecule has 6 heteroatoms. The highest BCUT2D eigenvalue weighted by atomic mass is 79.9. The molecule has 2 aliphatic heterocycles. The van der Waals surface area contributed by atoms with Gasteiger partial charge in [-0.25, -0.2) is 9.97 Å². The van der Waals surface area contributed by atoms with Crippen LogP contribution >= 0.6 is 15.9 Å². The van der Waals surface area contributed by atoms with E-state index in [0.717, 1.165) is 23.5 Å². The van der Waals surface area contributed by atoms with E-state index >= 15 is 0 Å². The average molecular weight is 326 g/mol. The van der Waals surface area contributed by atoms with Gasteiger partial charge in [0.1, 0.15) is 0 Å². The number of anilines is 1. The molecule has 1 aromatic rings. The Bertz CT molecular complexity index is 410. The van der Waals surface area contributed by atoms with Gasteiger partial charge in [-0.1, -0.05) is 6.92 Å². The average Bonchev–Trinajstić information content (AvgIpc) is 2.40. The van der Waals surface area contributed by atoms with Crippen LogP contribution in [0.25, 0.3) is 0 Å². The van der Waals surface area contributed by atoms with Gasteiger partial charge in [0.25, 0.3) is 0 Å². The monoisotopic (exact) mass is 325 g/mol. The van der Waals surface area contributed by atoms with E-state index in [0.29, 0.717) is 6.04 Å². The van der Waals surface area contributed by atoms with Gasteiger partial charge in [0.15, 0.2) is 0 Å². The van der Waals surface area contributed by atoms with Crippen molar-refractivity contribution in [3.05, 3.63) is 16.9 Å². The molecule has 104 valence electrons. The molecule has 0 N–H and O–H groups in total. The van der Waals surface area contributed by atoms with E-state index < -0.39 is 0 Å². The number of hydrogen-bond donors (Lipinski definition) is 0. The Hall–Kier alpha value is -0.720. The van der Waals surface area contributed by atoms with E-state index in [1.54, 1.807) is 0 Å². The zero-order chi connectivity index (χ0) is 13.2. The second-order valence-corrected chi connectivity index (χ2v) is 6.15. The largest absolute Gasteiger partial charge is 0.338 e. The summed E-state index contributed by atoms with van der Waals surface area (Å²) in [5.41, 5.74) is 0. The standard InChI is InChI=1S/C13H20BrN5/c1-2-17-3-5-18(6-4-17)12-9-19(10-12)13-15-7-11(14)8-16-13/h7-8,12H,2-6,9-10H2,1H3. The van der Waals surface area contributed by atoms with Gasteiger partial charge in [-0.3, -0.25) is 4.90 Å². The highest BCUT2D eigenvalue weighted by Crippen LogP contribution is 2.21. The van der Waals surface area contributed by atoms with Crippen LogP contribution in [0.1, 0.15) is 6.92 Å². The Labute approximate surface area is 122 Å². The number of nitrogens with zero attached hydrogens (tertiary/aromatic N) is 5. The van der Waals surface area contributed by atoms with Crippen molar-refractivity contribution in [2.75, 3.05) is 50.7 Å². The second-order valence-electron chi connectivity index (χ2n) is 5.23. The third-order valence-corrected chi connectivity index (χ3v) is 4.53. The molecule has 0 unspecified atom stereocenters. The van der Waals surface area contributed by atoms with E-state index in [4.69, 9.17) is 0 Å². The van der Waals surface area contributed by atoms with Gasteiger partial charge in [0, 0.05) is 57.7 Å². The maximum atomic E-state index is 4.35. The van der Waals surface area contributed by atoms with Crippen molar-refractivity contribution in [3.8, 4) is 0 Å². The molecule has 2 fully saturated rings. The molecule has 2 aliphatic rings. The van der Waals surface area contributed by atoms with Crippen LogP contribution in [0.2, 0.25) is 0 Å². The van der Waals surface area contributed by atoms with E-state index in [1.807, 2.05) is 12.4 Å². The quantitative estimate of drug-likeness (QED) is 0.830. The molecule has 0 atom stereocenters. The Kier molecular flexibility index (Phi) is 4.00. The van der Waals surface area contributed by atoms with Crippen LogP contribution in [0.15, 0.2) is 16.9 Å². The predicted octanol–water partition coefficient (Wildman–Crippen LogP) is 1.07. The fourth-order valence-corrected chi connectivity index (χ4v) is 2.97. The third kappa shape index (κ3) is 2.90. The number of rotatable bonds is 3. The summed E-state index contributed by atoms with van der Waals surface area (Å²) in [6.07, 6.45) is 3.63. The van der Waals surface area contributed by atoms with Crippen molar-refractivity contribution in [1.29, 1.82) is 0 Å². The summed E-state index contributed by atoms with van der Waals surface area (Å²) in [6.45, 7) is 10.4. The van der Waals surface area contributed by atoms with Crippen molar-refractivity contribution in [2.24, 2.45) is 0 Å². The number of hydrogen-bond acceptors (Lipinski definition) is 5. The van der Waals surface area contributed by atoms with Crippen LogP contribution in [0.5, 0.6) is 0 Å². The summed E-state index contributed by atoms with van der Waals surface area (Å²) in [7, 11) is 0. The van der Waals surface area contributed by atoms with Gasteiger partial charge < -0.3 is 9.80 Å². The number of likely N-dealkylation sites (N-methyl/N-ethyl adjacent to an activating group) is 1. The first-order chi connectivity index (χ1) is 9.26. The Morgan fingerprint density at radius 2 is 1.79 bits per heavy atom. The summed E-state index contributed by atoms with van der Waals surface area (Å²) in [5.74, 6) is 0.853. The van der Waals surface area contributed by atoms with Crippen molar-refractivity contribution >= 4 is 21.9 Å². The molecule has 3 heterocycles. The fourth-order valence-electron chi connectivity index (χ4n) is 2.76. The molecule has 5 nitrogen and oxygen atoms in total.